The Hall–Kier alpha value is -2.41. The topological polar surface area (TPSA) is 93.1 Å². The highest BCUT2D eigenvalue weighted by Crippen LogP contribution is 2.46. The van der Waals surface area contributed by atoms with E-state index in [2.05, 4.69) is 18.7 Å². The molecule has 0 aliphatic heterocycles. The fourth-order valence-electron chi connectivity index (χ4n) is 4.17. The van der Waals surface area contributed by atoms with E-state index in [9.17, 15) is 19.5 Å². The first-order chi connectivity index (χ1) is 13.2. The van der Waals surface area contributed by atoms with E-state index in [1.165, 1.54) is 21.1 Å². The van der Waals surface area contributed by atoms with Gasteiger partial charge >= 0.3 is 11.9 Å². The first-order valence-electron chi connectivity index (χ1n) is 9.47. The average Bonchev–Trinajstić information content (AvgIpc) is 2.67. The van der Waals surface area contributed by atoms with Gasteiger partial charge in [-0.15, -0.1) is 0 Å². The van der Waals surface area contributed by atoms with E-state index in [4.69, 9.17) is 9.47 Å². The molecule has 1 aliphatic rings. The van der Waals surface area contributed by atoms with Crippen LogP contribution < -0.4 is 4.90 Å². The fraction of sp³-hybridized carbons (Fsp3) is 0.571. The van der Waals surface area contributed by atoms with Gasteiger partial charge in [0.15, 0.2) is 5.78 Å². The molecule has 1 aliphatic carbocycles. The second-order valence-corrected chi connectivity index (χ2v) is 7.29. The van der Waals surface area contributed by atoms with Crippen molar-refractivity contribution in [1.82, 2.24) is 0 Å². The normalized spacial score (nSPS) is 27.2. The van der Waals surface area contributed by atoms with Gasteiger partial charge in [-0.2, -0.15) is 0 Å². The van der Waals surface area contributed by atoms with Crippen LogP contribution in [-0.2, 0) is 23.9 Å². The molecule has 7 nitrogen and oxygen atoms in total. The van der Waals surface area contributed by atoms with Crippen molar-refractivity contribution in [1.29, 1.82) is 0 Å². The summed E-state index contributed by atoms with van der Waals surface area (Å²) < 4.78 is 9.74. The lowest BCUT2D eigenvalue weighted by atomic mass is 9.61. The number of rotatable bonds is 6. The Bertz CT molecular complexity index is 723. The number of Topliss-reactive ketones (excluding diaryl/α,β-unsaturated/α-hetero) is 1. The van der Waals surface area contributed by atoms with E-state index < -0.39 is 41.1 Å². The molecule has 1 saturated carbocycles. The van der Waals surface area contributed by atoms with Crippen molar-refractivity contribution in [2.24, 2.45) is 11.8 Å². The van der Waals surface area contributed by atoms with Crippen LogP contribution in [0, 0.1) is 11.8 Å². The number of anilines is 1. The van der Waals surface area contributed by atoms with Gasteiger partial charge in [-0.05, 0) is 38.5 Å². The molecule has 1 aromatic rings. The van der Waals surface area contributed by atoms with Crippen LogP contribution in [0.25, 0.3) is 0 Å². The Kier molecular flexibility index (Phi) is 6.82. The highest BCUT2D eigenvalue weighted by molar-refractivity contribution is 6.02. The number of carbonyl (C=O) groups is 3. The zero-order valence-electron chi connectivity index (χ0n) is 17.1. The lowest BCUT2D eigenvalue weighted by Gasteiger charge is -2.43. The fourth-order valence-corrected chi connectivity index (χ4v) is 4.17. The maximum atomic E-state index is 12.7. The molecule has 0 heterocycles. The Morgan fingerprint density at radius 3 is 2.11 bits per heavy atom. The van der Waals surface area contributed by atoms with Crippen LogP contribution in [0.4, 0.5) is 5.69 Å². The van der Waals surface area contributed by atoms with E-state index in [0.717, 1.165) is 18.8 Å². The number of ketones is 1. The van der Waals surface area contributed by atoms with Crippen molar-refractivity contribution in [2.45, 2.75) is 38.7 Å². The van der Waals surface area contributed by atoms with Gasteiger partial charge in [-0.3, -0.25) is 14.4 Å². The third-order valence-electron chi connectivity index (χ3n) is 5.58. The minimum absolute atomic E-state index is 0.319. The minimum atomic E-state index is -1.63. The van der Waals surface area contributed by atoms with E-state index in [0.29, 0.717) is 5.56 Å². The van der Waals surface area contributed by atoms with Crippen LogP contribution >= 0.6 is 0 Å². The Balaban J connectivity index is 2.57. The van der Waals surface area contributed by atoms with Crippen molar-refractivity contribution in [2.75, 3.05) is 32.2 Å². The number of ether oxygens (including phenoxy) is 2. The predicted molar refractivity (Wildman–Crippen MR) is 104 cm³/mol. The van der Waals surface area contributed by atoms with Gasteiger partial charge in [0, 0.05) is 31.1 Å². The largest absolute Gasteiger partial charge is 0.469 e. The van der Waals surface area contributed by atoms with Gasteiger partial charge in [0.2, 0.25) is 0 Å². The Labute approximate surface area is 165 Å². The molecule has 1 N–H and O–H groups in total. The van der Waals surface area contributed by atoms with Crippen LogP contribution in [0.5, 0.6) is 0 Å². The number of methoxy groups -OCH3 is 2. The van der Waals surface area contributed by atoms with Gasteiger partial charge < -0.3 is 19.5 Å². The van der Waals surface area contributed by atoms with Crippen LogP contribution in [0.3, 0.4) is 0 Å². The first kappa shape index (κ1) is 21.9. The Morgan fingerprint density at radius 1 is 1.11 bits per heavy atom. The highest BCUT2D eigenvalue weighted by atomic mass is 16.5. The molecule has 0 spiro atoms. The third-order valence-corrected chi connectivity index (χ3v) is 5.58. The van der Waals surface area contributed by atoms with Crippen molar-refractivity contribution < 1.29 is 29.0 Å². The second-order valence-electron chi connectivity index (χ2n) is 7.29. The number of benzene rings is 1. The van der Waals surface area contributed by atoms with Crippen LogP contribution in [-0.4, -0.2) is 55.7 Å². The molecule has 0 aromatic heterocycles. The maximum Gasteiger partial charge on any atom is 0.316 e. The highest BCUT2D eigenvalue weighted by Gasteiger charge is 2.56. The zero-order chi connectivity index (χ0) is 21.1. The summed E-state index contributed by atoms with van der Waals surface area (Å²) in [7, 11) is 2.43. The smallest absolute Gasteiger partial charge is 0.316 e. The van der Waals surface area contributed by atoms with E-state index in [1.54, 1.807) is 12.1 Å². The van der Waals surface area contributed by atoms with Crippen molar-refractivity contribution in [3.05, 3.63) is 29.8 Å². The molecule has 4 atom stereocenters. The first-order valence-corrected chi connectivity index (χ1v) is 9.47. The molecule has 1 fully saturated rings. The average molecular weight is 391 g/mol. The summed E-state index contributed by atoms with van der Waals surface area (Å²) in [5.41, 5.74) is -0.0291. The summed E-state index contributed by atoms with van der Waals surface area (Å²) in [5.74, 6) is -4.94. The summed E-state index contributed by atoms with van der Waals surface area (Å²) in [6, 6.07) is 7.36. The van der Waals surface area contributed by atoms with E-state index >= 15 is 0 Å². The number of nitrogens with zero attached hydrogens (tertiary/aromatic N) is 1. The standard InChI is InChI=1S/C21H29NO6/c1-6-22(7-2)14-10-8-13(9-11-14)16-17(19(24)27-4)15(23)12-21(3,26)18(16)20(25)28-5/h8-11,16-18,26H,6-7,12H2,1-5H3/t16-,17+,18+,21-/m1/s1. The molecule has 0 saturated heterocycles. The van der Waals surface area contributed by atoms with Crippen molar-refractivity contribution >= 4 is 23.4 Å². The molecule has 0 unspecified atom stereocenters. The predicted octanol–water partition coefficient (Wildman–Crippen LogP) is 1.92. The van der Waals surface area contributed by atoms with Crippen molar-refractivity contribution in [3.63, 3.8) is 0 Å². The third kappa shape index (κ3) is 4.04. The van der Waals surface area contributed by atoms with Crippen LogP contribution in [0.15, 0.2) is 24.3 Å². The molecule has 1 aromatic carbocycles. The molecule has 28 heavy (non-hydrogen) atoms. The SMILES string of the molecule is CCN(CC)c1ccc([C@@H]2[C@@H](C(=O)OC)C(=O)C[C@@](C)(O)[C@@H]2C(=O)OC)cc1. The molecular weight excluding hydrogens is 362 g/mol. The van der Waals surface area contributed by atoms with Crippen LogP contribution in [0.1, 0.15) is 38.7 Å². The molecule has 7 heteroatoms. The van der Waals surface area contributed by atoms with Gasteiger partial charge in [0.05, 0.1) is 25.7 Å². The number of carbonyl (C=O) groups excluding carboxylic acids is 3. The number of aliphatic hydroxyl groups is 1. The molecule has 0 amide bonds. The van der Waals surface area contributed by atoms with Gasteiger partial charge in [-0.25, -0.2) is 0 Å². The van der Waals surface area contributed by atoms with E-state index in [-0.39, 0.29) is 6.42 Å². The number of hydrogen-bond donors (Lipinski definition) is 1. The van der Waals surface area contributed by atoms with Gasteiger partial charge in [-0.1, -0.05) is 12.1 Å². The molecule has 2 rings (SSSR count). The Morgan fingerprint density at radius 2 is 1.64 bits per heavy atom. The van der Waals surface area contributed by atoms with Crippen molar-refractivity contribution in [3.8, 4) is 0 Å². The summed E-state index contributed by atoms with van der Waals surface area (Å²) >= 11 is 0. The quantitative estimate of drug-likeness (QED) is 0.585. The maximum absolute atomic E-state index is 12.7. The van der Waals surface area contributed by atoms with Gasteiger partial charge in [0.25, 0.3) is 0 Å². The summed E-state index contributed by atoms with van der Waals surface area (Å²) in [5, 5.41) is 10.8. The second kappa shape index (κ2) is 8.73. The summed E-state index contributed by atoms with van der Waals surface area (Å²) in [6.45, 7) is 7.20. The number of esters is 2. The minimum Gasteiger partial charge on any atom is -0.469 e. The lowest BCUT2D eigenvalue weighted by Crippen LogP contribution is -2.55. The number of hydrogen-bond acceptors (Lipinski definition) is 7. The monoisotopic (exact) mass is 391 g/mol. The molecule has 0 radical (unpaired) electrons. The van der Waals surface area contributed by atoms with Gasteiger partial charge in [0.1, 0.15) is 5.92 Å². The van der Waals surface area contributed by atoms with E-state index in [1.807, 2.05) is 12.1 Å². The molecule has 0 bridgehead atoms. The lowest BCUT2D eigenvalue weighted by molar-refractivity contribution is -0.170. The summed E-state index contributed by atoms with van der Waals surface area (Å²) in [6.07, 6.45) is -0.319. The zero-order valence-corrected chi connectivity index (χ0v) is 17.1. The molecular formula is C21H29NO6. The van der Waals surface area contributed by atoms with Crippen LogP contribution in [0.2, 0.25) is 0 Å². The molecule has 154 valence electrons. The summed E-state index contributed by atoms with van der Waals surface area (Å²) in [4.78, 5) is 39.8.